The molecule has 5 nitrogen and oxygen atoms in total. The van der Waals surface area contributed by atoms with Crippen LogP contribution in [0.5, 0.6) is 0 Å². The van der Waals surface area contributed by atoms with Crippen LogP contribution in [0, 0.1) is 0 Å². The molecule has 128 valence electrons. The van der Waals surface area contributed by atoms with Gasteiger partial charge in [-0.1, -0.05) is 24.3 Å². The molecule has 25 heavy (non-hydrogen) atoms. The van der Waals surface area contributed by atoms with Gasteiger partial charge in [0.15, 0.2) is 5.65 Å². The van der Waals surface area contributed by atoms with Crippen LogP contribution < -0.4 is 5.43 Å². The summed E-state index contributed by atoms with van der Waals surface area (Å²) in [7, 11) is 0. The SMILES string of the molecule is C=Cc1sc2c(C(=O)OCC)c(=O)c3ccc(Cl)nc3n2c1/C=C\C. The maximum atomic E-state index is 12.9. The summed E-state index contributed by atoms with van der Waals surface area (Å²) in [5, 5.41) is 0.575. The van der Waals surface area contributed by atoms with Crippen molar-refractivity contribution in [2.45, 2.75) is 13.8 Å². The minimum absolute atomic E-state index is 0.00215. The van der Waals surface area contributed by atoms with Crippen LogP contribution in [0.15, 0.2) is 29.6 Å². The van der Waals surface area contributed by atoms with Crippen LogP contribution in [0.4, 0.5) is 0 Å². The molecule has 0 saturated heterocycles. The first kappa shape index (κ1) is 17.4. The topological polar surface area (TPSA) is 60.7 Å². The molecule has 0 atom stereocenters. The van der Waals surface area contributed by atoms with Crippen molar-refractivity contribution in [2.75, 3.05) is 6.61 Å². The van der Waals surface area contributed by atoms with E-state index in [0.717, 1.165) is 10.6 Å². The lowest BCUT2D eigenvalue weighted by molar-refractivity contribution is 0.0527. The third-order valence-electron chi connectivity index (χ3n) is 3.63. The highest BCUT2D eigenvalue weighted by Crippen LogP contribution is 2.31. The predicted molar refractivity (Wildman–Crippen MR) is 103 cm³/mol. The Kier molecular flexibility index (Phi) is 4.74. The normalized spacial score (nSPS) is 11.5. The standard InChI is InChI=1S/C18H15ClN2O3S/c1-4-7-11-12(5-2)25-17-14(18(23)24-6-3)15(22)10-8-9-13(19)20-16(10)21(11)17/h4-5,7-9H,2,6H2,1,3H3/b7-4-. The first-order chi connectivity index (χ1) is 12.0. The highest BCUT2D eigenvalue weighted by atomic mass is 35.5. The van der Waals surface area contributed by atoms with Crippen LogP contribution in [0.3, 0.4) is 0 Å². The van der Waals surface area contributed by atoms with Gasteiger partial charge in [-0.3, -0.25) is 9.20 Å². The highest BCUT2D eigenvalue weighted by Gasteiger charge is 2.24. The van der Waals surface area contributed by atoms with Crippen molar-refractivity contribution in [2.24, 2.45) is 0 Å². The molecule has 0 unspecified atom stereocenters. The Morgan fingerprint density at radius 2 is 2.24 bits per heavy atom. The summed E-state index contributed by atoms with van der Waals surface area (Å²) in [6.45, 7) is 7.59. The number of halogens is 1. The summed E-state index contributed by atoms with van der Waals surface area (Å²) in [5.41, 5.74) is 0.768. The summed E-state index contributed by atoms with van der Waals surface area (Å²) in [6.07, 6.45) is 5.43. The number of ether oxygens (including phenoxy) is 1. The molecular formula is C18H15ClN2O3S. The minimum atomic E-state index is -0.647. The summed E-state index contributed by atoms with van der Waals surface area (Å²) < 4.78 is 6.86. The number of pyridine rings is 2. The quantitative estimate of drug-likeness (QED) is 0.501. The monoisotopic (exact) mass is 374 g/mol. The van der Waals surface area contributed by atoms with Gasteiger partial charge in [0.2, 0.25) is 5.43 Å². The molecule has 0 N–H and O–H groups in total. The number of fused-ring (bicyclic) bond motifs is 3. The number of carbonyl (C=O) groups is 1. The predicted octanol–water partition coefficient (Wildman–Crippen LogP) is 4.42. The van der Waals surface area contributed by atoms with Gasteiger partial charge in [-0.25, -0.2) is 9.78 Å². The molecule has 0 radical (unpaired) electrons. The average molecular weight is 375 g/mol. The molecule has 0 amide bonds. The molecule has 7 heteroatoms. The van der Waals surface area contributed by atoms with Crippen molar-refractivity contribution in [3.05, 3.63) is 56.3 Å². The minimum Gasteiger partial charge on any atom is -0.462 e. The van der Waals surface area contributed by atoms with Gasteiger partial charge in [-0.2, -0.15) is 0 Å². The first-order valence-electron chi connectivity index (χ1n) is 7.63. The Labute approximate surface area is 152 Å². The van der Waals surface area contributed by atoms with E-state index in [1.165, 1.54) is 17.4 Å². The molecule has 3 aromatic rings. The Bertz CT molecular complexity index is 1100. The van der Waals surface area contributed by atoms with Crippen LogP contribution in [-0.4, -0.2) is 22.0 Å². The molecule has 3 aromatic heterocycles. The molecule has 3 heterocycles. The fourth-order valence-corrected chi connectivity index (χ4v) is 3.90. The smallest absolute Gasteiger partial charge is 0.345 e. The number of carbonyl (C=O) groups excluding carboxylic acids is 1. The van der Waals surface area contributed by atoms with E-state index in [1.54, 1.807) is 23.5 Å². The third-order valence-corrected chi connectivity index (χ3v) is 5.02. The number of aromatic nitrogens is 2. The molecule has 0 aliphatic heterocycles. The number of rotatable bonds is 4. The van der Waals surface area contributed by atoms with Crippen molar-refractivity contribution in [3.8, 4) is 0 Å². The van der Waals surface area contributed by atoms with Crippen LogP contribution >= 0.6 is 22.9 Å². The molecule has 0 aromatic carbocycles. The second-order valence-electron chi connectivity index (χ2n) is 5.13. The van der Waals surface area contributed by atoms with Crippen molar-refractivity contribution in [1.82, 2.24) is 9.38 Å². The number of hydrogen-bond acceptors (Lipinski definition) is 5. The number of allylic oxidation sites excluding steroid dienone is 1. The lowest BCUT2D eigenvalue weighted by atomic mass is 10.2. The van der Waals surface area contributed by atoms with E-state index in [9.17, 15) is 9.59 Å². The van der Waals surface area contributed by atoms with Gasteiger partial charge in [0.05, 0.1) is 22.6 Å². The van der Waals surface area contributed by atoms with E-state index >= 15 is 0 Å². The van der Waals surface area contributed by atoms with Crippen LogP contribution in [0.2, 0.25) is 5.15 Å². The Morgan fingerprint density at radius 3 is 2.88 bits per heavy atom. The Morgan fingerprint density at radius 1 is 1.48 bits per heavy atom. The van der Waals surface area contributed by atoms with E-state index in [2.05, 4.69) is 11.6 Å². The Hall–Kier alpha value is -2.44. The van der Waals surface area contributed by atoms with E-state index in [1.807, 2.05) is 19.1 Å². The van der Waals surface area contributed by atoms with E-state index in [4.69, 9.17) is 16.3 Å². The lowest BCUT2D eigenvalue weighted by Crippen LogP contribution is -2.20. The highest BCUT2D eigenvalue weighted by molar-refractivity contribution is 7.18. The molecule has 0 bridgehead atoms. The van der Waals surface area contributed by atoms with Crippen molar-refractivity contribution in [1.29, 1.82) is 0 Å². The van der Waals surface area contributed by atoms with Gasteiger partial charge in [-0.05, 0) is 38.1 Å². The van der Waals surface area contributed by atoms with Gasteiger partial charge >= 0.3 is 5.97 Å². The molecule has 0 saturated carbocycles. The maximum Gasteiger partial charge on any atom is 0.345 e. The summed E-state index contributed by atoms with van der Waals surface area (Å²) in [4.78, 5) is 30.9. The third kappa shape index (κ3) is 2.77. The van der Waals surface area contributed by atoms with E-state index in [-0.39, 0.29) is 17.3 Å². The zero-order valence-corrected chi connectivity index (χ0v) is 15.3. The van der Waals surface area contributed by atoms with E-state index < -0.39 is 11.4 Å². The fourth-order valence-electron chi connectivity index (χ4n) is 2.64. The summed E-state index contributed by atoms with van der Waals surface area (Å²) >= 11 is 7.33. The van der Waals surface area contributed by atoms with Gasteiger partial charge < -0.3 is 4.74 Å². The first-order valence-corrected chi connectivity index (χ1v) is 8.82. The van der Waals surface area contributed by atoms with Gasteiger partial charge in [0, 0.05) is 0 Å². The largest absolute Gasteiger partial charge is 0.462 e. The molecule has 3 rings (SSSR count). The number of esters is 1. The average Bonchev–Trinajstić information content (AvgIpc) is 2.94. The number of nitrogens with zero attached hydrogens (tertiary/aromatic N) is 2. The van der Waals surface area contributed by atoms with Crippen molar-refractivity contribution in [3.63, 3.8) is 0 Å². The maximum absolute atomic E-state index is 12.9. The van der Waals surface area contributed by atoms with Gasteiger partial charge in [-0.15, -0.1) is 11.3 Å². The second kappa shape index (κ2) is 6.82. The van der Waals surface area contributed by atoms with Crippen molar-refractivity contribution >= 4 is 56.9 Å². The van der Waals surface area contributed by atoms with Gasteiger partial charge in [0.1, 0.15) is 15.5 Å². The number of thiazole rings is 1. The van der Waals surface area contributed by atoms with Crippen LogP contribution in [-0.2, 0) is 4.74 Å². The summed E-state index contributed by atoms with van der Waals surface area (Å²) in [5.74, 6) is -0.647. The Balaban J connectivity index is 2.61. The lowest BCUT2D eigenvalue weighted by Gasteiger charge is -2.08. The van der Waals surface area contributed by atoms with Crippen molar-refractivity contribution < 1.29 is 9.53 Å². The molecular weight excluding hydrogens is 360 g/mol. The second-order valence-corrected chi connectivity index (χ2v) is 6.54. The van der Waals surface area contributed by atoms with Crippen LogP contribution in [0.1, 0.15) is 34.8 Å². The zero-order chi connectivity index (χ0) is 18.1. The molecule has 0 aliphatic carbocycles. The fraction of sp³-hybridized carbons (Fsp3) is 0.167. The zero-order valence-electron chi connectivity index (χ0n) is 13.7. The van der Waals surface area contributed by atoms with E-state index in [0.29, 0.717) is 15.9 Å². The van der Waals surface area contributed by atoms with Gasteiger partial charge in [0.25, 0.3) is 0 Å². The van der Waals surface area contributed by atoms with Crippen LogP contribution in [0.25, 0.3) is 28.0 Å². The summed E-state index contributed by atoms with van der Waals surface area (Å²) in [6, 6.07) is 3.11. The molecule has 0 fully saturated rings. The number of hydrogen-bond donors (Lipinski definition) is 0. The molecule has 0 aliphatic rings. The molecule has 0 spiro atoms.